The van der Waals surface area contributed by atoms with Gasteiger partial charge in [-0.15, -0.1) is 11.8 Å². The molecule has 6 nitrogen and oxygen atoms in total. The fraction of sp³-hybridized carbons (Fsp3) is 0.583. The van der Waals surface area contributed by atoms with E-state index in [4.69, 9.17) is 10.3 Å². The Morgan fingerprint density at radius 3 is 3.10 bits per heavy atom. The number of aromatic nitrogens is 4. The van der Waals surface area contributed by atoms with Gasteiger partial charge in [-0.2, -0.15) is 16.7 Å². The molecule has 0 amide bonds. The second-order valence-electron chi connectivity index (χ2n) is 4.75. The summed E-state index contributed by atoms with van der Waals surface area (Å²) in [5.74, 6) is 3.58. The molecule has 1 fully saturated rings. The van der Waals surface area contributed by atoms with Crippen LogP contribution in [0.4, 0.5) is 0 Å². The van der Waals surface area contributed by atoms with Gasteiger partial charge in [0, 0.05) is 35.1 Å². The fourth-order valence-electron chi connectivity index (χ4n) is 2.15. The summed E-state index contributed by atoms with van der Waals surface area (Å²) in [6, 6.07) is -0.298. The Bertz CT molecular complexity index is 544. The Hall–Kier alpha value is -0.990. The molecule has 2 aromatic heterocycles. The zero-order valence-corrected chi connectivity index (χ0v) is 12.8. The van der Waals surface area contributed by atoms with Crippen LogP contribution in [0.1, 0.15) is 35.6 Å². The number of nitrogens with zero attached hydrogens (tertiary/aromatic N) is 3. The van der Waals surface area contributed by atoms with Crippen molar-refractivity contribution in [2.24, 2.45) is 5.73 Å². The van der Waals surface area contributed by atoms with Gasteiger partial charge >= 0.3 is 0 Å². The van der Waals surface area contributed by atoms with Crippen LogP contribution in [-0.4, -0.2) is 36.9 Å². The van der Waals surface area contributed by atoms with Crippen molar-refractivity contribution in [2.45, 2.75) is 29.9 Å². The lowest BCUT2D eigenvalue weighted by atomic mass is 10.2. The molecule has 1 aliphatic heterocycles. The van der Waals surface area contributed by atoms with E-state index in [1.54, 1.807) is 12.5 Å². The number of thioether (sulfide) groups is 2. The summed E-state index contributed by atoms with van der Waals surface area (Å²) in [4.78, 5) is 11.5. The van der Waals surface area contributed by atoms with Crippen molar-refractivity contribution in [3.8, 4) is 0 Å². The summed E-state index contributed by atoms with van der Waals surface area (Å²) < 4.78 is 5.33. The van der Waals surface area contributed by atoms with Gasteiger partial charge in [0.15, 0.2) is 5.82 Å². The van der Waals surface area contributed by atoms with E-state index in [1.807, 2.05) is 23.5 Å². The van der Waals surface area contributed by atoms with E-state index in [0.717, 1.165) is 17.3 Å². The van der Waals surface area contributed by atoms with Crippen molar-refractivity contribution in [1.82, 2.24) is 20.1 Å². The monoisotopic (exact) mass is 311 g/mol. The van der Waals surface area contributed by atoms with Crippen molar-refractivity contribution in [3.63, 3.8) is 0 Å². The van der Waals surface area contributed by atoms with Gasteiger partial charge in [0.05, 0.1) is 17.6 Å². The van der Waals surface area contributed by atoms with Crippen LogP contribution in [0.15, 0.2) is 17.0 Å². The average molecular weight is 311 g/mol. The molecule has 0 spiro atoms. The summed E-state index contributed by atoms with van der Waals surface area (Å²) in [5, 5.41) is 4.91. The normalized spacial score (nSPS) is 24.7. The van der Waals surface area contributed by atoms with Crippen molar-refractivity contribution in [3.05, 3.63) is 29.9 Å². The van der Waals surface area contributed by atoms with E-state index >= 15 is 0 Å². The maximum atomic E-state index is 6.11. The molecule has 0 saturated carbocycles. The lowest BCUT2D eigenvalue weighted by Crippen LogP contribution is -2.18. The highest BCUT2D eigenvalue weighted by Crippen LogP contribution is 2.41. The summed E-state index contributed by atoms with van der Waals surface area (Å²) in [6.45, 7) is 2.21. The minimum absolute atomic E-state index is 0.297. The molecule has 3 unspecified atom stereocenters. The highest BCUT2D eigenvalue weighted by Gasteiger charge is 2.29. The smallest absolute Gasteiger partial charge is 0.244 e. The van der Waals surface area contributed by atoms with E-state index < -0.39 is 0 Å². The Morgan fingerprint density at radius 1 is 1.50 bits per heavy atom. The SMILES string of the molecule is CC1SCCSC1c1noc(C(N)Cc2cnc[nH]2)n1. The number of imidazole rings is 1. The van der Waals surface area contributed by atoms with Crippen LogP contribution in [-0.2, 0) is 6.42 Å². The summed E-state index contributed by atoms with van der Waals surface area (Å²) in [6.07, 6.45) is 4.01. The molecule has 3 rings (SSSR count). The first-order chi connectivity index (χ1) is 9.74. The van der Waals surface area contributed by atoms with Gasteiger partial charge in [-0.05, 0) is 0 Å². The van der Waals surface area contributed by atoms with Crippen LogP contribution in [0.3, 0.4) is 0 Å². The molecule has 0 aromatic carbocycles. The van der Waals surface area contributed by atoms with Gasteiger partial charge in [0.2, 0.25) is 5.89 Å². The zero-order valence-electron chi connectivity index (χ0n) is 11.2. The summed E-state index contributed by atoms with van der Waals surface area (Å²) in [7, 11) is 0. The molecule has 108 valence electrons. The number of aromatic amines is 1. The Kier molecular flexibility index (Phi) is 4.32. The highest BCUT2D eigenvalue weighted by atomic mass is 32.2. The minimum atomic E-state index is -0.298. The van der Waals surface area contributed by atoms with E-state index in [2.05, 4.69) is 27.0 Å². The number of rotatable bonds is 4. The van der Waals surface area contributed by atoms with Gasteiger partial charge in [0.25, 0.3) is 0 Å². The third-order valence-electron chi connectivity index (χ3n) is 3.21. The van der Waals surface area contributed by atoms with Crippen molar-refractivity contribution < 1.29 is 4.52 Å². The molecule has 2 aromatic rings. The molecule has 0 aliphatic carbocycles. The second kappa shape index (κ2) is 6.19. The molecule has 8 heteroatoms. The van der Waals surface area contributed by atoms with Crippen LogP contribution < -0.4 is 5.73 Å². The Balaban J connectivity index is 1.69. The van der Waals surface area contributed by atoms with E-state index in [0.29, 0.717) is 22.8 Å². The highest BCUT2D eigenvalue weighted by molar-refractivity contribution is 8.06. The zero-order chi connectivity index (χ0) is 13.9. The van der Waals surface area contributed by atoms with Gasteiger partial charge in [0.1, 0.15) is 0 Å². The quantitative estimate of drug-likeness (QED) is 0.891. The van der Waals surface area contributed by atoms with Crippen LogP contribution in [0.25, 0.3) is 0 Å². The molecule has 3 heterocycles. The fourth-order valence-corrected chi connectivity index (χ4v) is 4.83. The van der Waals surface area contributed by atoms with Crippen molar-refractivity contribution in [1.29, 1.82) is 0 Å². The second-order valence-corrected chi connectivity index (χ2v) is 7.48. The van der Waals surface area contributed by atoms with Crippen LogP contribution in [0.2, 0.25) is 0 Å². The maximum Gasteiger partial charge on any atom is 0.244 e. The lowest BCUT2D eigenvalue weighted by Gasteiger charge is -2.24. The molecule has 20 heavy (non-hydrogen) atoms. The van der Waals surface area contributed by atoms with Crippen LogP contribution in [0.5, 0.6) is 0 Å². The number of H-pyrrole nitrogens is 1. The predicted molar refractivity (Wildman–Crippen MR) is 80.6 cm³/mol. The van der Waals surface area contributed by atoms with Crippen molar-refractivity contribution >= 4 is 23.5 Å². The first-order valence-electron chi connectivity index (χ1n) is 6.53. The number of nitrogens with one attached hydrogen (secondary N) is 1. The first-order valence-corrected chi connectivity index (χ1v) is 8.63. The molecule has 1 aliphatic rings. The van der Waals surface area contributed by atoms with Gasteiger partial charge < -0.3 is 15.2 Å². The number of hydrogen-bond donors (Lipinski definition) is 2. The maximum absolute atomic E-state index is 6.11. The van der Waals surface area contributed by atoms with Crippen LogP contribution >= 0.6 is 23.5 Å². The van der Waals surface area contributed by atoms with Gasteiger partial charge in [-0.25, -0.2) is 4.98 Å². The molecular formula is C12H17N5OS2. The number of hydrogen-bond acceptors (Lipinski definition) is 7. The molecule has 3 N–H and O–H groups in total. The minimum Gasteiger partial charge on any atom is -0.348 e. The largest absolute Gasteiger partial charge is 0.348 e. The van der Waals surface area contributed by atoms with Gasteiger partial charge in [-0.3, -0.25) is 0 Å². The third-order valence-corrected chi connectivity index (χ3v) is 6.30. The van der Waals surface area contributed by atoms with E-state index in [-0.39, 0.29) is 6.04 Å². The summed E-state index contributed by atoms with van der Waals surface area (Å²) >= 11 is 3.85. The van der Waals surface area contributed by atoms with Crippen molar-refractivity contribution in [2.75, 3.05) is 11.5 Å². The third kappa shape index (κ3) is 3.02. The van der Waals surface area contributed by atoms with Gasteiger partial charge in [-0.1, -0.05) is 12.1 Å². The van der Waals surface area contributed by atoms with Crippen LogP contribution in [0, 0.1) is 0 Å². The first kappa shape index (κ1) is 14.0. The molecule has 3 atom stereocenters. The molecule has 0 radical (unpaired) electrons. The molecular weight excluding hydrogens is 294 g/mol. The standard InChI is InChI=1S/C12H17N5OS2/c1-7-10(20-3-2-19-7)11-16-12(18-17-11)9(13)4-8-5-14-6-15-8/h5-7,9-10H,2-4,13H2,1H3,(H,14,15). The topological polar surface area (TPSA) is 93.6 Å². The summed E-state index contributed by atoms with van der Waals surface area (Å²) in [5.41, 5.74) is 7.07. The predicted octanol–water partition coefficient (Wildman–Crippen LogP) is 1.94. The van der Waals surface area contributed by atoms with E-state index in [1.165, 1.54) is 5.75 Å². The average Bonchev–Trinajstić information content (AvgIpc) is 3.10. The van der Waals surface area contributed by atoms with E-state index in [9.17, 15) is 0 Å². The molecule has 0 bridgehead atoms. The Morgan fingerprint density at radius 2 is 2.35 bits per heavy atom. The lowest BCUT2D eigenvalue weighted by molar-refractivity contribution is 0.349. The molecule has 1 saturated heterocycles. The number of nitrogens with two attached hydrogens (primary N) is 1. The Labute approximate surface area is 125 Å².